The molecule has 0 radical (unpaired) electrons. The van der Waals surface area contributed by atoms with Crippen molar-refractivity contribution < 1.29 is 22.4 Å². The van der Waals surface area contributed by atoms with Crippen LogP contribution >= 0.6 is 0 Å². The number of rotatable bonds is 7. The second-order valence-corrected chi connectivity index (χ2v) is 7.69. The van der Waals surface area contributed by atoms with Gasteiger partial charge in [0.15, 0.2) is 0 Å². The zero-order valence-electron chi connectivity index (χ0n) is 14.0. The summed E-state index contributed by atoms with van der Waals surface area (Å²) < 4.78 is 32.5. The molecule has 1 aromatic heterocycles. The molecule has 1 aromatic rings. The maximum Gasteiger partial charge on any atom is 0.410 e. The Kier molecular flexibility index (Phi) is 6.60. The average molecular weight is 347 g/mol. The first-order chi connectivity index (χ1) is 10.5. The maximum atomic E-state index is 11.7. The Balaban J connectivity index is 2.25. The number of hydrogen-bond acceptors (Lipinski definition) is 6. The van der Waals surface area contributed by atoms with Crippen LogP contribution in [0.15, 0.2) is 21.6 Å². The van der Waals surface area contributed by atoms with Gasteiger partial charge in [-0.15, -0.1) is 0 Å². The lowest BCUT2D eigenvalue weighted by atomic mass is 10.2. The van der Waals surface area contributed by atoms with Crippen molar-refractivity contribution in [3.8, 4) is 0 Å². The van der Waals surface area contributed by atoms with Gasteiger partial charge in [-0.2, -0.15) is 0 Å². The normalized spacial score (nSPS) is 12.2. The minimum Gasteiger partial charge on any atom is -0.447 e. The van der Waals surface area contributed by atoms with Gasteiger partial charge in [0.05, 0.1) is 6.54 Å². The number of carbonyl (C=O) groups excluding carboxylic acids is 1. The Morgan fingerprint density at radius 2 is 2.04 bits per heavy atom. The van der Waals surface area contributed by atoms with Crippen LogP contribution in [-0.2, 0) is 21.3 Å². The van der Waals surface area contributed by atoms with Crippen molar-refractivity contribution in [2.75, 3.05) is 20.1 Å². The van der Waals surface area contributed by atoms with Gasteiger partial charge in [0, 0.05) is 13.6 Å². The number of nitrogens with zero attached hydrogens (tertiary/aromatic N) is 1. The molecular formula is C14H25N3O5S. The highest BCUT2D eigenvalue weighted by Crippen LogP contribution is 2.12. The molecule has 0 bridgehead atoms. The SMILES string of the molecule is CN(CCCNCc1ccc(S(N)(=O)=O)o1)C(=O)OC(C)(C)C. The molecule has 9 heteroatoms. The number of ether oxygens (including phenoxy) is 1. The van der Waals surface area contributed by atoms with Crippen LogP contribution in [0.3, 0.4) is 0 Å². The molecule has 1 heterocycles. The molecule has 0 fully saturated rings. The summed E-state index contributed by atoms with van der Waals surface area (Å²) in [6, 6.07) is 2.88. The highest BCUT2D eigenvalue weighted by Gasteiger charge is 2.19. The Morgan fingerprint density at radius 1 is 1.39 bits per heavy atom. The second-order valence-electron chi connectivity index (χ2n) is 6.20. The molecule has 0 spiro atoms. The smallest absolute Gasteiger partial charge is 0.410 e. The van der Waals surface area contributed by atoms with E-state index in [1.165, 1.54) is 11.0 Å². The van der Waals surface area contributed by atoms with Crippen LogP contribution in [0.2, 0.25) is 0 Å². The summed E-state index contributed by atoms with van der Waals surface area (Å²) in [7, 11) is -2.13. The minimum atomic E-state index is -3.81. The third kappa shape index (κ3) is 7.49. The number of nitrogens with two attached hydrogens (primary N) is 1. The summed E-state index contributed by atoms with van der Waals surface area (Å²) in [6.45, 7) is 7.02. The Bertz CT molecular complexity index is 619. The van der Waals surface area contributed by atoms with E-state index in [0.29, 0.717) is 25.4 Å². The number of carbonyl (C=O) groups is 1. The van der Waals surface area contributed by atoms with Crippen molar-refractivity contribution in [2.24, 2.45) is 5.14 Å². The van der Waals surface area contributed by atoms with E-state index >= 15 is 0 Å². The molecule has 132 valence electrons. The van der Waals surface area contributed by atoms with Gasteiger partial charge in [-0.05, 0) is 45.9 Å². The molecule has 0 aliphatic rings. The third-order valence-electron chi connectivity index (χ3n) is 2.77. The van der Waals surface area contributed by atoms with Gasteiger partial charge in [0.25, 0.3) is 10.0 Å². The van der Waals surface area contributed by atoms with E-state index in [9.17, 15) is 13.2 Å². The molecule has 0 aliphatic carbocycles. The number of hydrogen-bond donors (Lipinski definition) is 2. The quantitative estimate of drug-likeness (QED) is 0.718. The zero-order chi connectivity index (χ0) is 17.7. The van der Waals surface area contributed by atoms with Crippen LogP contribution in [0.1, 0.15) is 33.0 Å². The molecule has 1 rings (SSSR count). The van der Waals surface area contributed by atoms with Gasteiger partial charge in [-0.25, -0.2) is 18.4 Å². The van der Waals surface area contributed by atoms with Crippen LogP contribution in [0, 0.1) is 0 Å². The number of amides is 1. The fraction of sp³-hybridized carbons (Fsp3) is 0.643. The Labute approximate surface area is 137 Å². The molecule has 0 atom stereocenters. The van der Waals surface area contributed by atoms with Crippen molar-refractivity contribution in [1.82, 2.24) is 10.2 Å². The van der Waals surface area contributed by atoms with E-state index in [0.717, 1.165) is 6.42 Å². The fourth-order valence-electron chi connectivity index (χ4n) is 1.69. The van der Waals surface area contributed by atoms with Gasteiger partial charge < -0.3 is 19.4 Å². The highest BCUT2D eigenvalue weighted by molar-refractivity contribution is 7.89. The lowest BCUT2D eigenvalue weighted by Gasteiger charge is -2.24. The van der Waals surface area contributed by atoms with E-state index < -0.39 is 15.6 Å². The van der Waals surface area contributed by atoms with Crippen molar-refractivity contribution >= 4 is 16.1 Å². The molecule has 0 saturated carbocycles. The molecule has 0 unspecified atom stereocenters. The molecule has 23 heavy (non-hydrogen) atoms. The van der Waals surface area contributed by atoms with Gasteiger partial charge in [0.2, 0.25) is 5.09 Å². The molecule has 8 nitrogen and oxygen atoms in total. The molecule has 0 aliphatic heterocycles. The van der Waals surface area contributed by atoms with Gasteiger partial charge in [-0.1, -0.05) is 0 Å². The summed E-state index contributed by atoms with van der Waals surface area (Å²) >= 11 is 0. The van der Waals surface area contributed by atoms with Crippen molar-refractivity contribution in [1.29, 1.82) is 0 Å². The van der Waals surface area contributed by atoms with Crippen LogP contribution in [0.4, 0.5) is 4.79 Å². The first-order valence-corrected chi connectivity index (χ1v) is 8.80. The van der Waals surface area contributed by atoms with Crippen molar-refractivity contribution in [2.45, 2.75) is 44.4 Å². The first-order valence-electron chi connectivity index (χ1n) is 7.25. The van der Waals surface area contributed by atoms with Crippen LogP contribution in [0.5, 0.6) is 0 Å². The van der Waals surface area contributed by atoms with E-state index in [1.807, 2.05) is 20.8 Å². The van der Waals surface area contributed by atoms with E-state index in [2.05, 4.69) is 5.32 Å². The van der Waals surface area contributed by atoms with Crippen LogP contribution < -0.4 is 10.5 Å². The third-order valence-corrected chi connectivity index (χ3v) is 3.55. The summed E-state index contributed by atoms with van der Waals surface area (Å²) in [5.74, 6) is 0.481. The Hall–Kier alpha value is -1.58. The standard InChI is InChI=1S/C14H25N3O5S/c1-14(2,3)22-13(18)17(4)9-5-8-16-10-11-6-7-12(21-11)23(15,19)20/h6-7,16H,5,8-10H2,1-4H3,(H2,15,19,20). The van der Waals surface area contributed by atoms with Gasteiger partial charge in [0.1, 0.15) is 11.4 Å². The molecule has 0 aromatic carbocycles. The first kappa shape index (κ1) is 19.5. The lowest BCUT2D eigenvalue weighted by molar-refractivity contribution is 0.0297. The summed E-state index contributed by atoms with van der Waals surface area (Å²) in [4.78, 5) is 13.3. The topological polar surface area (TPSA) is 115 Å². The maximum absolute atomic E-state index is 11.7. The number of sulfonamides is 1. The number of nitrogens with one attached hydrogen (secondary N) is 1. The van der Waals surface area contributed by atoms with Gasteiger partial charge >= 0.3 is 6.09 Å². The zero-order valence-corrected chi connectivity index (χ0v) is 14.8. The minimum absolute atomic E-state index is 0.251. The van der Waals surface area contributed by atoms with Gasteiger partial charge in [-0.3, -0.25) is 0 Å². The molecule has 3 N–H and O–H groups in total. The summed E-state index contributed by atoms with van der Waals surface area (Å²) in [6.07, 6.45) is 0.361. The Morgan fingerprint density at radius 3 is 2.57 bits per heavy atom. The second kappa shape index (κ2) is 7.80. The summed E-state index contributed by atoms with van der Waals surface area (Å²) in [5, 5.41) is 7.81. The monoisotopic (exact) mass is 347 g/mol. The fourth-order valence-corrected chi connectivity index (χ4v) is 2.17. The van der Waals surface area contributed by atoms with E-state index in [1.54, 1.807) is 13.1 Å². The predicted molar refractivity (Wildman–Crippen MR) is 85.3 cm³/mol. The summed E-state index contributed by atoms with van der Waals surface area (Å²) in [5.41, 5.74) is -0.510. The highest BCUT2D eigenvalue weighted by atomic mass is 32.2. The average Bonchev–Trinajstić information content (AvgIpc) is 2.84. The van der Waals surface area contributed by atoms with E-state index in [4.69, 9.17) is 14.3 Å². The number of furan rings is 1. The predicted octanol–water partition coefficient (Wildman–Crippen LogP) is 1.27. The lowest BCUT2D eigenvalue weighted by Crippen LogP contribution is -2.35. The number of primary sulfonamides is 1. The molecular weight excluding hydrogens is 322 g/mol. The van der Waals surface area contributed by atoms with Crippen LogP contribution in [0.25, 0.3) is 0 Å². The van der Waals surface area contributed by atoms with Crippen molar-refractivity contribution in [3.05, 3.63) is 17.9 Å². The molecule has 1 amide bonds. The van der Waals surface area contributed by atoms with Crippen LogP contribution in [-0.4, -0.2) is 45.1 Å². The van der Waals surface area contributed by atoms with Crippen molar-refractivity contribution in [3.63, 3.8) is 0 Å². The molecule has 0 saturated heterocycles. The largest absolute Gasteiger partial charge is 0.447 e. The van der Waals surface area contributed by atoms with E-state index in [-0.39, 0.29) is 11.2 Å².